The number of rotatable bonds is 25. The minimum absolute atomic E-state index is 0.0189. The van der Waals surface area contributed by atoms with Gasteiger partial charge in [-0.3, -0.25) is 4.90 Å². The normalized spacial score (nSPS) is 17.3. The molecule has 25 nitrogen and oxygen atoms in total. The average molecular weight is 1970 g/mol. The van der Waals surface area contributed by atoms with Gasteiger partial charge in [-0.25, -0.2) is 63.7 Å². The first-order valence-electron chi connectivity index (χ1n) is 47.6. The molecule has 30 heteroatoms. The van der Waals surface area contributed by atoms with Crippen molar-refractivity contribution in [3.05, 3.63) is 220 Å². The van der Waals surface area contributed by atoms with E-state index in [0.29, 0.717) is 40.6 Å². The van der Waals surface area contributed by atoms with E-state index in [0.717, 1.165) is 139 Å². The van der Waals surface area contributed by atoms with Crippen molar-refractivity contribution in [1.82, 2.24) is 34.9 Å². The summed E-state index contributed by atoms with van der Waals surface area (Å²) in [4.78, 5) is 118. The lowest BCUT2D eigenvalue weighted by Crippen LogP contribution is -2.32. The number of carbonyl (C=O) groups is 6. The third-order valence-electron chi connectivity index (χ3n) is 27.3. The number of aromatic carboxylic acids is 6. The quantitative estimate of drug-likeness (QED) is 0.0289. The zero-order valence-electron chi connectivity index (χ0n) is 85.0. The van der Waals surface area contributed by atoms with Crippen molar-refractivity contribution < 1.29 is 63.8 Å². The number of fused-ring (bicyclic) bond motifs is 5. The number of hydrogen-bond acceptors (Lipinski definition) is 24. The first-order chi connectivity index (χ1) is 64.2. The lowest BCUT2D eigenvalue weighted by molar-refractivity contribution is 0.0657. The fourth-order valence-electron chi connectivity index (χ4n) is 18.1. The maximum atomic E-state index is 11.4. The molecule has 0 spiro atoms. The van der Waals surface area contributed by atoms with Crippen LogP contribution in [0.2, 0.25) is 0 Å². The Labute approximate surface area is 833 Å². The van der Waals surface area contributed by atoms with Crippen LogP contribution in [0.15, 0.2) is 133 Å². The first kappa shape index (κ1) is 106. The molecule has 11 aromatic rings. The summed E-state index contributed by atoms with van der Waals surface area (Å²) in [6.45, 7) is 65.2. The minimum atomic E-state index is -1.16. The zero-order chi connectivity index (χ0) is 102. The molecule has 0 fully saturated rings. The van der Waals surface area contributed by atoms with Gasteiger partial charge in [0.15, 0.2) is 25.7 Å². The molecule has 0 saturated carbocycles. The predicted molar refractivity (Wildman–Crippen MR) is 560 cm³/mol. The van der Waals surface area contributed by atoms with E-state index in [-0.39, 0.29) is 82.2 Å². The lowest BCUT2D eigenvalue weighted by Gasteiger charge is -2.37. The maximum absolute atomic E-state index is 11.4. The van der Waals surface area contributed by atoms with Gasteiger partial charge in [-0.1, -0.05) is 179 Å². The van der Waals surface area contributed by atoms with Gasteiger partial charge in [0.05, 0.1) is 62.0 Å². The van der Waals surface area contributed by atoms with Crippen molar-refractivity contribution in [3.8, 4) is 0 Å². The number of carboxylic acids is 6. The Morgan fingerprint density at radius 3 is 0.986 bits per heavy atom. The highest BCUT2D eigenvalue weighted by Crippen LogP contribution is 2.57. The van der Waals surface area contributed by atoms with E-state index < -0.39 is 35.8 Å². The fourth-order valence-corrected chi connectivity index (χ4v) is 25.1. The topological polar surface area (TPSA) is 343 Å². The third kappa shape index (κ3) is 23.2. The number of nitrogens with zero attached hydrogens (tertiary/aromatic N) is 12. The minimum Gasteiger partial charge on any atom is -0.478 e. The van der Waals surface area contributed by atoms with Crippen LogP contribution < -0.4 is 24.5 Å². The van der Waals surface area contributed by atoms with Crippen LogP contribution in [0.25, 0.3) is 0 Å². The molecule has 738 valence electrons. The van der Waals surface area contributed by atoms with Gasteiger partial charge in [0, 0.05) is 135 Å². The number of carboxylic acid groups (broad SMARTS) is 6. The predicted octanol–water partition coefficient (Wildman–Crippen LogP) is 28.3. The molecule has 16 rings (SSSR count). The molecule has 0 unspecified atom stereocenters. The Balaban J connectivity index is 0.000000155. The van der Waals surface area contributed by atoms with Gasteiger partial charge in [-0.15, -0.1) is 63.3 Å². The molecule has 138 heavy (non-hydrogen) atoms. The van der Waals surface area contributed by atoms with E-state index in [4.69, 9.17) is 44.7 Å². The summed E-state index contributed by atoms with van der Waals surface area (Å²) in [5, 5.41) is 59.7. The molecular weight excluding hydrogens is 1830 g/mol. The number of pyridine rings is 2. The Bertz CT molecular complexity index is 6110. The van der Waals surface area contributed by atoms with Crippen molar-refractivity contribution in [2.75, 3.05) is 50.7 Å². The molecule has 3 aromatic carbocycles. The monoisotopic (exact) mass is 1970 g/mol. The smallest absolute Gasteiger partial charge is 0.371 e. The molecule has 0 bridgehead atoms. The van der Waals surface area contributed by atoms with E-state index in [1.165, 1.54) is 84.2 Å². The van der Waals surface area contributed by atoms with E-state index in [1.54, 1.807) is 117 Å². The third-order valence-corrected chi connectivity index (χ3v) is 34.5. The highest BCUT2D eigenvalue weighted by molar-refractivity contribution is 7.17. The molecule has 0 aliphatic heterocycles. The maximum Gasteiger partial charge on any atom is 0.371 e. The van der Waals surface area contributed by atoms with Crippen molar-refractivity contribution in [3.63, 3.8) is 0 Å². The number of furan rings is 1. The van der Waals surface area contributed by atoms with Crippen molar-refractivity contribution >= 4 is 153 Å². The van der Waals surface area contributed by atoms with Gasteiger partial charge in [0.2, 0.25) is 11.6 Å². The zero-order valence-corrected chi connectivity index (χ0v) is 89.0. The van der Waals surface area contributed by atoms with Gasteiger partial charge in [-0.2, -0.15) is 0 Å². The second-order valence-electron chi connectivity index (χ2n) is 44.5. The first-order valence-corrected chi connectivity index (χ1v) is 51.6. The summed E-state index contributed by atoms with van der Waals surface area (Å²) >= 11 is 8.63. The summed E-state index contributed by atoms with van der Waals surface area (Å²) in [7, 11) is 0. The molecule has 0 amide bonds. The standard InChI is InChI=1S/C23H24N2O5S.C23H32N2O2S.C21H29N3O2S.C21H26N2O2S.C20H27N3O2S/c1-22(2)11-12-23(3,4)18-17(22)24-21(31-18)25(16-10-9-15(30-16)20(28)29)14-7-5-13(6-8-14)19(26)27;1-14(2)13-25(17-9-8-16(20(26)27)12-15(17)3)21-24-18-19(28-21)23(6,7)11-10-22(18,4)5;1-13(2)12-24(15-8-7-14(11-22-15)18(25)26)19-23-16-17(27-19)21(5,6)10-9-20(16,3)4;1-6-13-23(15-9-7-14(8-10-15)18(24)25)19-22-16-17(26-19)21(4,5)12-11-20(16,2)3;1-6-11-23(14-8-7-13(12-21-14)17(24)25)18-22-15-16(26-18)20(4,5)10-9-19(15,2)3/h5-10H,11-12H2,1-4H3,(H,26,27)(H,28,29);8-9,12,14H,10-11,13H2,1-7H3,(H,26,27);7-8,11,13H,9-10,12H2,1-6H3,(H,25,26);6-10H,1,11-13H2,2-5H3,(H,24,25);7-8,12H,6,9-11H2,1-5H3,(H,24,25). The molecule has 0 atom stereocenters. The number of hydrogen-bond donors (Lipinski definition) is 6. The summed E-state index contributed by atoms with van der Waals surface area (Å²) < 4.78 is 5.61. The average Bonchev–Trinajstić information content (AvgIpc) is 1.60. The highest BCUT2D eigenvalue weighted by Gasteiger charge is 2.48. The van der Waals surface area contributed by atoms with Gasteiger partial charge in [-0.05, 0) is 192 Å². The second-order valence-corrected chi connectivity index (χ2v) is 49.4. The SMILES string of the molecule is C=CCN(c1ccc(C(=O)O)cc1)c1nc2c(s1)C(C)(C)CCC2(C)C.CC(C)CN(c1ccc(C(=O)O)cn1)c1nc2c(s1)C(C)(C)CCC2(C)C.CC1(C)CCC(C)(C)c2sc(N(c3ccc(C(=O)O)cc3)c3ccc(C(=O)O)o3)nc21.CCCN(c1ccc(C(=O)O)cn1)c1nc2c(s1)C(C)(C)CCC2(C)C.Cc1cc(C(=O)O)ccc1N(CC(C)C)c1nc2c(s1)C(C)(C)CCC2(C)C. The second kappa shape index (κ2) is 40.6. The van der Waals surface area contributed by atoms with Crippen molar-refractivity contribution in [2.24, 2.45) is 11.8 Å². The molecule has 0 radical (unpaired) electrons. The molecule has 5 aliphatic rings. The van der Waals surface area contributed by atoms with Crippen LogP contribution in [-0.2, 0) is 54.1 Å². The van der Waals surface area contributed by atoms with Crippen LogP contribution >= 0.6 is 56.7 Å². The largest absolute Gasteiger partial charge is 0.478 e. The Morgan fingerprint density at radius 2 is 0.674 bits per heavy atom. The number of anilines is 11. The number of benzene rings is 3. The van der Waals surface area contributed by atoms with Crippen LogP contribution in [0.1, 0.15) is 364 Å². The van der Waals surface area contributed by atoms with Gasteiger partial charge in [0.25, 0.3) is 0 Å². The highest BCUT2D eigenvalue weighted by atomic mass is 32.1. The van der Waals surface area contributed by atoms with Crippen LogP contribution in [0.3, 0.4) is 0 Å². The Hall–Kier alpha value is -11.1. The lowest BCUT2D eigenvalue weighted by atomic mass is 9.69. The Morgan fingerprint density at radius 1 is 0.370 bits per heavy atom. The van der Waals surface area contributed by atoms with E-state index >= 15 is 0 Å². The van der Waals surface area contributed by atoms with Gasteiger partial charge < -0.3 is 54.7 Å². The van der Waals surface area contributed by atoms with E-state index in [1.807, 2.05) is 42.5 Å². The Kier molecular flexibility index (Phi) is 31.2. The summed E-state index contributed by atoms with van der Waals surface area (Å²) in [5.74, 6) is -3.39. The number of thiazole rings is 5. The summed E-state index contributed by atoms with van der Waals surface area (Å²) in [6, 6.07) is 28.4. The molecule has 5 aliphatic carbocycles. The van der Waals surface area contributed by atoms with Crippen molar-refractivity contribution in [2.45, 2.75) is 305 Å². The molecule has 8 heterocycles. The van der Waals surface area contributed by atoms with Gasteiger partial charge >= 0.3 is 35.8 Å². The fraction of sp³-hybridized carbons (Fsp3) is 0.491. The van der Waals surface area contributed by atoms with Crippen molar-refractivity contribution in [1.29, 1.82) is 0 Å². The van der Waals surface area contributed by atoms with Gasteiger partial charge in [0.1, 0.15) is 11.6 Å². The van der Waals surface area contributed by atoms with Crippen LogP contribution in [-0.4, -0.2) is 128 Å². The van der Waals surface area contributed by atoms with E-state index in [9.17, 15) is 44.1 Å². The summed E-state index contributed by atoms with van der Waals surface area (Å²) in [5.41, 5.74) is 11.4. The van der Waals surface area contributed by atoms with Crippen LogP contribution in [0.5, 0.6) is 0 Å². The van der Waals surface area contributed by atoms with Crippen LogP contribution in [0.4, 0.5) is 60.2 Å². The molecular formula is C108H138N12O13S5. The molecule has 0 saturated heterocycles. The molecule has 6 N–H and O–H groups in total. The van der Waals surface area contributed by atoms with E-state index in [2.05, 4.69) is 209 Å². The van der Waals surface area contributed by atoms with Crippen LogP contribution in [0, 0.1) is 18.8 Å². The number of aromatic nitrogens is 7. The number of aryl methyl sites for hydroxylation is 1. The molecule has 8 aromatic heterocycles. The summed E-state index contributed by atoms with van der Waals surface area (Å²) in [6.07, 6.45) is 16.9.